The van der Waals surface area contributed by atoms with Gasteiger partial charge < -0.3 is 24.6 Å². The Morgan fingerprint density at radius 1 is 1.33 bits per heavy atom. The molecule has 0 aliphatic carbocycles. The van der Waals surface area contributed by atoms with Crippen LogP contribution in [0.4, 0.5) is 0 Å². The number of methoxy groups -OCH3 is 1. The fraction of sp³-hybridized carbons (Fsp3) is 0.929. The molecule has 0 saturated carbocycles. The smallest absolute Gasteiger partial charge is 0.221 e. The van der Waals surface area contributed by atoms with Gasteiger partial charge in [0.15, 0.2) is 0 Å². The molecule has 0 spiro atoms. The van der Waals surface area contributed by atoms with E-state index in [1.165, 1.54) is 0 Å². The van der Waals surface area contributed by atoms with Crippen molar-refractivity contribution >= 4 is 5.91 Å². The number of nitrogens with one attached hydrogen (secondary N) is 1. The highest BCUT2D eigenvalue weighted by Crippen LogP contribution is 2.16. The summed E-state index contributed by atoms with van der Waals surface area (Å²) in [6.45, 7) is 5.28. The highest BCUT2D eigenvalue weighted by atomic mass is 16.5. The second kappa shape index (κ2) is 8.65. The Hall–Kier alpha value is -0.730. The van der Waals surface area contributed by atoms with E-state index in [1.54, 1.807) is 7.11 Å². The van der Waals surface area contributed by atoms with Crippen molar-refractivity contribution in [2.45, 2.75) is 18.6 Å². The third-order valence-corrected chi connectivity index (χ3v) is 4.10. The van der Waals surface area contributed by atoms with Crippen molar-refractivity contribution in [1.82, 2.24) is 10.2 Å². The van der Waals surface area contributed by atoms with Crippen LogP contribution in [0.3, 0.4) is 0 Å². The van der Waals surface area contributed by atoms with Crippen LogP contribution in [0, 0.1) is 5.92 Å². The number of nitrogens with zero attached hydrogens (tertiary/aromatic N) is 1. The van der Waals surface area contributed by atoms with Gasteiger partial charge in [-0.1, -0.05) is 0 Å². The summed E-state index contributed by atoms with van der Waals surface area (Å²) >= 11 is 0. The number of hydrogen-bond donors (Lipinski definition) is 2. The van der Waals surface area contributed by atoms with Gasteiger partial charge in [0.2, 0.25) is 5.91 Å². The summed E-state index contributed by atoms with van der Waals surface area (Å²) in [7, 11) is 1.56. The normalized spacial score (nSPS) is 31.0. The minimum Gasteiger partial charge on any atom is -0.390 e. The molecule has 2 aliphatic heterocycles. The number of rotatable bonds is 6. The minimum absolute atomic E-state index is 0.00762. The van der Waals surface area contributed by atoms with Crippen LogP contribution in [0.5, 0.6) is 0 Å². The highest BCUT2D eigenvalue weighted by molar-refractivity contribution is 5.76. The van der Waals surface area contributed by atoms with E-state index in [9.17, 15) is 9.90 Å². The molecule has 2 fully saturated rings. The maximum Gasteiger partial charge on any atom is 0.221 e. The Morgan fingerprint density at radius 3 is 2.81 bits per heavy atom. The summed E-state index contributed by atoms with van der Waals surface area (Å²) in [6.07, 6.45) is -0.436. The van der Waals surface area contributed by atoms with E-state index in [0.717, 1.165) is 32.8 Å². The van der Waals surface area contributed by atoms with Gasteiger partial charge in [0.05, 0.1) is 32.5 Å². The Morgan fingerprint density at radius 2 is 2.10 bits per heavy atom. The van der Waals surface area contributed by atoms with E-state index in [0.29, 0.717) is 26.2 Å². The van der Waals surface area contributed by atoms with Gasteiger partial charge >= 0.3 is 0 Å². The summed E-state index contributed by atoms with van der Waals surface area (Å²) in [5.41, 5.74) is 0. The van der Waals surface area contributed by atoms with Gasteiger partial charge in [0, 0.05) is 45.6 Å². The molecule has 2 heterocycles. The monoisotopic (exact) mass is 302 g/mol. The molecular weight excluding hydrogens is 276 g/mol. The minimum atomic E-state index is -0.594. The van der Waals surface area contributed by atoms with E-state index >= 15 is 0 Å². The van der Waals surface area contributed by atoms with Crippen LogP contribution < -0.4 is 5.32 Å². The summed E-state index contributed by atoms with van der Waals surface area (Å²) in [5.74, 6) is -0.107. The number of morpholine rings is 1. The molecule has 7 nitrogen and oxygen atoms in total. The summed E-state index contributed by atoms with van der Waals surface area (Å²) in [5, 5.41) is 13.0. The molecule has 1 amide bonds. The highest BCUT2D eigenvalue weighted by Gasteiger charge is 2.32. The zero-order chi connectivity index (χ0) is 15.1. The Balaban J connectivity index is 1.63. The second-order valence-electron chi connectivity index (χ2n) is 5.57. The lowest BCUT2D eigenvalue weighted by Crippen LogP contribution is -2.49. The molecule has 0 aromatic rings. The third-order valence-electron chi connectivity index (χ3n) is 4.10. The first-order valence-corrected chi connectivity index (χ1v) is 7.56. The summed E-state index contributed by atoms with van der Waals surface area (Å²) in [4.78, 5) is 14.1. The maximum atomic E-state index is 11.9. The molecule has 0 bridgehead atoms. The second-order valence-corrected chi connectivity index (χ2v) is 5.57. The lowest BCUT2D eigenvalue weighted by molar-refractivity contribution is -0.136. The molecule has 0 radical (unpaired) electrons. The van der Waals surface area contributed by atoms with Crippen LogP contribution in [0.2, 0.25) is 0 Å². The van der Waals surface area contributed by atoms with Crippen LogP contribution >= 0.6 is 0 Å². The van der Waals surface area contributed by atoms with Crippen molar-refractivity contribution in [3.8, 4) is 0 Å². The third kappa shape index (κ3) is 5.19. The average molecular weight is 302 g/mol. The van der Waals surface area contributed by atoms with Gasteiger partial charge in [0.1, 0.15) is 6.10 Å². The van der Waals surface area contributed by atoms with Crippen molar-refractivity contribution in [2.24, 2.45) is 5.92 Å². The van der Waals surface area contributed by atoms with E-state index in [4.69, 9.17) is 14.2 Å². The molecule has 2 aliphatic rings. The first-order chi connectivity index (χ1) is 10.2. The van der Waals surface area contributed by atoms with Gasteiger partial charge in [-0.25, -0.2) is 0 Å². The fourth-order valence-electron chi connectivity index (χ4n) is 2.64. The Labute approximate surface area is 125 Å². The standard InChI is InChI=1S/C14H26N2O5/c1-19-12-10-21-9-11(14(12)18)8-15-13(17)2-3-16-4-6-20-7-5-16/h11-12,14,18H,2-10H2,1H3,(H,15,17)/t11-,12-,14+/m1/s1. The lowest BCUT2D eigenvalue weighted by atomic mass is 9.96. The van der Waals surface area contributed by atoms with Crippen LogP contribution in [0.15, 0.2) is 0 Å². The van der Waals surface area contributed by atoms with E-state index in [2.05, 4.69) is 10.2 Å². The molecule has 7 heteroatoms. The zero-order valence-electron chi connectivity index (χ0n) is 12.6. The molecule has 0 aromatic heterocycles. The number of aliphatic hydroxyl groups excluding tert-OH is 1. The average Bonchev–Trinajstić information content (AvgIpc) is 2.53. The van der Waals surface area contributed by atoms with Crippen molar-refractivity contribution in [1.29, 1.82) is 0 Å². The van der Waals surface area contributed by atoms with Crippen LogP contribution in [-0.2, 0) is 19.0 Å². The fourth-order valence-corrected chi connectivity index (χ4v) is 2.64. The zero-order valence-corrected chi connectivity index (χ0v) is 12.6. The SMILES string of the molecule is CO[C@@H]1COC[C@@H](CNC(=O)CCN2CCOCC2)[C@@H]1O. The van der Waals surface area contributed by atoms with Crippen molar-refractivity contribution in [3.05, 3.63) is 0 Å². The maximum absolute atomic E-state index is 11.9. The largest absolute Gasteiger partial charge is 0.390 e. The van der Waals surface area contributed by atoms with Gasteiger partial charge in [-0.05, 0) is 0 Å². The summed E-state index contributed by atoms with van der Waals surface area (Å²) < 4.78 is 15.8. The number of carbonyl (C=O) groups excluding carboxylic acids is 1. The van der Waals surface area contributed by atoms with Crippen LogP contribution in [0.1, 0.15) is 6.42 Å². The molecule has 2 N–H and O–H groups in total. The molecule has 2 rings (SSSR count). The van der Waals surface area contributed by atoms with Crippen molar-refractivity contribution in [3.63, 3.8) is 0 Å². The van der Waals surface area contributed by atoms with Gasteiger partial charge in [-0.15, -0.1) is 0 Å². The first kappa shape index (κ1) is 16.6. The van der Waals surface area contributed by atoms with Crippen molar-refractivity contribution in [2.75, 3.05) is 59.7 Å². The van der Waals surface area contributed by atoms with E-state index in [1.807, 2.05) is 0 Å². The molecule has 122 valence electrons. The Bertz CT molecular complexity index is 322. The molecule has 0 aromatic carbocycles. The topological polar surface area (TPSA) is 80.3 Å². The predicted octanol–water partition coefficient (Wildman–Crippen LogP) is -1.15. The van der Waals surface area contributed by atoms with Crippen molar-refractivity contribution < 1.29 is 24.1 Å². The molecule has 3 atom stereocenters. The Kier molecular flexibility index (Phi) is 6.85. The lowest BCUT2D eigenvalue weighted by Gasteiger charge is -2.33. The van der Waals surface area contributed by atoms with E-state index < -0.39 is 6.10 Å². The summed E-state index contributed by atoms with van der Waals surface area (Å²) in [6, 6.07) is 0. The number of carbonyl (C=O) groups is 1. The molecule has 2 saturated heterocycles. The number of hydrogen-bond acceptors (Lipinski definition) is 6. The predicted molar refractivity (Wildman–Crippen MR) is 76.0 cm³/mol. The van der Waals surface area contributed by atoms with Gasteiger partial charge in [-0.2, -0.15) is 0 Å². The number of amides is 1. The van der Waals surface area contributed by atoms with Crippen LogP contribution in [-0.4, -0.2) is 87.8 Å². The molecular formula is C14H26N2O5. The molecule has 21 heavy (non-hydrogen) atoms. The quantitative estimate of drug-likeness (QED) is 0.645. The number of aliphatic hydroxyl groups is 1. The number of ether oxygens (including phenoxy) is 3. The van der Waals surface area contributed by atoms with Gasteiger partial charge in [0.25, 0.3) is 0 Å². The van der Waals surface area contributed by atoms with Crippen LogP contribution in [0.25, 0.3) is 0 Å². The first-order valence-electron chi connectivity index (χ1n) is 7.56. The van der Waals surface area contributed by atoms with E-state index in [-0.39, 0.29) is 17.9 Å². The molecule has 0 unspecified atom stereocenters. The van der Waals surface area contributed by atoms with Gasteiger partial charge in [-0.3, -0.25) is 9.69 Å².